The quantitative estimate of drug-likeness (QED) is 0.655. The third kappa shape index (κ3) is 4.30. The van der Waals surface area contributed by atoms with Crippen molar-refractivity contribution in [3.8, 4) is 0 Å². The highest BCUT2D eigenvalue weighted by molar-refractivity contribution is 5.86. The first-order valence-corrected chi connectivity index (χ1v) is 9.60. The number of hydrogen-bond acceptors (Lipinski definition) is 7. The Labute approximate surface area is 164 Å². The molecule has 3 heterocycles. The van der Waals surface area contributed by atoms with Crippen LogP contribution >= 0.6 is 0 Å². The van der Waals surface area contributed by atoms with Crippen LogP contribution in [0.1, 0.15) is 5.56 Å². The van der Waals surface area contributed by atoms with Crippen LogP contribution in [0.15, 0.2) is 42.9 Å². The second-order valence-electron chi connectivity index (χ2n) is 7.14. The lowest BCUT2D eigenvalue weighted by Crippen LogP contribution is -2.49. The highest BCUT2D eigenvalue weighted by Crippen LogP contribution is 2.23. The second-order valence-corrected chi connectivity index (χ2v) is 7.14. The molecule has 1 fully saturated rings. The molecule has 8 heteroatoms. The lowest BCUT2D eigenvalue weighted by molar-refractivity contribution is 0.00913. The van der Waals surface area contributed by atoms with Gasteiger partial charge in [0.15, 0.2) is 5.65 Å². The Balaban J connectivity index is 1.25. The van der Waals surface area contributed by atoms with Gasteiger partial charge in [0.1, 0.15) is 12.1 Å². The van der Waals surface area contributed by atoms with Crippen LogP contribution in [0.25, 0.3) is 11.0 Å². The first kappa shape index (κ1) is 18.8. The fraction of sp³-hybridized carbons (Fsp3) is 0.450. The third-order valence-corrected chi connectivity index (χ3v) is 5.07. The van der Waals surface area contributed by atoms with Crippen LogP contribution in [0.4, 0.5) is 5.82 Å². The van der Waals surface area contributed by atoms with E-state index in [2.05, 4.69) is 24.9 Å². The number of piperazine rings is 1. The molecule has 3 aromatic rings. The smallest absolute Gasteiger partial charge is 0.163 e. The average Bonchev–Trinajstić information content (AvgIpc) is 3.11. The van der Waals surface area contributed by atoms with Crippen molar-refractivity contribution in [2.24, 2.45) is 7.05 Å². The number of hydrogen-bond donors (Lipinski definition) is 1. The fourth-order valence-electron chi connectivity index (χ4n) is 3.58. The van der Waals surface area contributed by atoms with Crippen LogP contribution < -0.4 is 4.90 Å². The minimum absolute atomic E-state index is 0.345. The molecule has 1 aromatic carbocycles. The molecule has 0 saturated carbocycles. The van der Waals surface area contributed by atoms with E-state index in [0.29, 0.717) is 19.8 Å². The summed E-state index contributed by atoms with van der Waals surface area (Å²) in [4.78, 5) is 13.3. The molecule has 0 aliphatic carbocycles. The summed E-state index contributed by atoms with van der Waals surface area (Å²) in [5.74, 6) is 0.935. The maximum Gasteiger partial charge on any atom is 0.163 e. The van der Waals surface area contributed by atoms with Crippen molar-refractivity contribution in [1.82, 2.24) is 24.6 Å². The van der Waals surface area contributed by atoms with Gasteiger partial charge in [0, 0.05) is 39.8 Å². The maximum atomic E-state index is 10.3. The van der Waals surface area contributed by atoms with Crippen molar-refractivity contribution in [2.45, 2.75) is 12.7 Å². The molecule has 1 aliphatic rings. The van der Waals surface area contributed by atoms with Crippen molar-refractivity contribution >= 4 is 16.9 Å². The van der Waals surface area contributed by atoms with E-state index in [0.717, 1.165) is 48.6 Å². The number of aliphatic hydroxyl groups is 1. The lowest BCUT2D eigenvalue weighted by Gasteiger charge is -2.36. The van der Waals surface area contributed by atoms with E-state index in [-0.39, 0.29) is 0 Å². The van der Waals surface area contributed by atoms with E-state index in [1.54, 1.807) is 11.0 Å². The normalized spacial score (nSPS) is 16.6. The summed E-state index contributed by atoms with van der Waals surface area (Å²) < 4.78 is 7.42. The number of β-amino-alcohol motifs (C(OH)–C–C–N with tert-alkyl or cyclic N) is 1. The molecule has 0 spiro atoms. The Morgan fingerprint density at radius 1 is 1.11 bits per heavy atom. The topological polar surface area (TPSA) is 79.5 Å². The second kappa shape index (κ2) is 8.64. The first-order chi connectivity index (χ1) is 13.7. The number of fused-ring (bicyclic) bond motifs is 1. The van der Waals surface area contributed by atoms with Gasteiger partial charge >= 0.3 is 0 Å². The van der Waals surface area contributed by atoms with Gasteiger partial charge in [-0.2, -0.15) is 5.10 Å². The van der Waals surface area contributed by atoms with Crippen LogP contribution in [0.3, 0.4) is 0 Å². The SMILES string of the molecule is Cn1ncc2c(N3CCN(C[C@H](O)COCc4ccccc4)CC3)ncnc21. The molecule has 28 heavy (non-hydrogen) atoms. The molecule has 1 atom stereocenters. The summed E-state index contributed by atoms with van der Waals surface area (Å²) in [6.07, 6.45) is 2.93. The summed E-state index contributed by atoms with van der Waals surface area (Å²) >= 11 is 0. The number of benzene rings is 1. The fourth-order valence-corrected chi connectivity index (χ4v) is 3.58. The van der Waals surface area contributed by atoms with Crippen molar-refractivity contribution in [1.29, 1.82) is 0 Å². The molecule has 148 valence electrons. The van der Waals surface area contributed by atoms with Crippen molar-refractivity contribution in [2.75, 3.05) is 44.2 Å². The Bertz CT molecular complexity index is 892. The van der Waals surface area contributed by atoms with Gasteiger partial charge in [0.05, 0.1) is 30.9 Å². The predicted molar refractivity (Wildman–Crippen MR) is 107 cm³/mol. The molecule has 1 aliphatic heterocycles. The van der Waals surface area contributed by atoms with Gasteiger partial charge in [-0.3, -0.25) is 9.58 Å². The standard InChI is InChI=1S/C20H26N6O2/c1-24-19-18(11-23-24)20(22-15-21-19)26-9-7-25(8-10-26)12-17(27)14-28-13-16-5-3-2-4-6-16/h2-6,11,15,17,27H,7-10,12-14H2,1H3/t17-/m0/s1. The highest BCUT2D eigenvalue weighted by Gasteiger charge is 2.22. The Kier molecular flexibility index (Phi) is 5.80. The Hall–Kier alpha value is -2.55. The zero-order valence-corrected chi connectivity index (χ0v) is 16.1. The summed E-state index contributed by atoms with van der Waals surface area (Å²) in [5, 5.41) is 15.6. The minimum atomic E-state index is -0.487. The van der Waals surface area contributed by atoms with Crippen molar-refractivity contribution in [3.05, 3.63) is 48.4 Å². The lowest BCUT2D eigenvalue weighted by atomic mass is 10.2. The zero-order valence-electron chi connectivity index (χ0n) is 16.1. The monoisotopic (exact) mass is 382 g/mol. The number of aryl methyl sites for hydroxylation is 1. The van der Waals surface area contributed by atoms with E-state index >= 15 is 0 Å². The van der Waals surface area contributed by atoms with Crippen molar-refractivity contribution in [3.63, 3.8) is 0 Å². The molecule has 1 N–H and O–H groups in total. The third-order valence-electron chi connectivity index (χ3n) is 5.07. The van der Waals surface area contributed by atoms with Gasteiger partial charge in [-0.1, -0.05) is 30.3 Å². The molecule has 4 rings (SSSR count). The Morgan fingerprint density at radius 2 is 1.89 bits per heavy atom. The number of aromatic nitrogens is 4. The van der Waals surface area contributed by atoms with Gasteiger partial charge < -0.3 is 14.7 Å². The van der Waals surface area contributed by atoms with Crippen LogP contribution in [0.5, 0.6) is 0 Å². The summed E-state index contributed by atoms with van der Waals surface area (Å²) in [5.41, 5.74) is 1.97. The van der Waals surface area contributed by atoms with E-state index in [1.807, 2.05) is 43.6 Å². The number of rotatable bonds is 7. The molecule has 0 unspecified atom stereocenters. The van der Waals surface area contributed by atoms with E-state index < -0.39 is 6.10 Å². The molecular formula is C20H26N6O2. The molecule has 1 saturated heterocycles. The van der Waals surface area contributed by atoms with Gasteiger partial charge in [-0.25, -0.2) is 9.97 Å². The van der Waals surface area contributed by atoms with E-state index in [4.69, 9.17) is 4.74 Å². The molecule has 0 amide bonds. The maximum absolute atomic E-state index is 10.3. The van der Waals surface area contributed by atoms with Gasteiger partial charge in [0.2, 0.25) is 0 Å². The van der Waals surface area contributed by atoms with Crippen LogP contribution in [0.2, 0.25) is 0 Å². The minimum Gasteiger partial charge on any atom is -0.389 e. The largest absolute Gasteiger partial charge is 0.389 e. The molecule has 8 nitrogen and oxygen atoms in total. The number of nitrogens with zero attached hydrogens (tertiary/aromatic N) is 6. The van der Waals surface area contributed by atoms with Crippen LogP contribution in [0, 0.1) is 0 Å². The number of aliphatic hydroxyl groups excluding tert-OH is 1. The van der Waals surface area contributed by atoms with Crippen molar-refractivity contribution < 1.29 is 9.84 Å². The van der Waals surface area contributed by atoms with Gasteiger partial charge in [0.25, 0.3) is 0 Å². The van der Waals surface area contributed by atoms with Gasteiger partial charge in [-0.15, -0.1) is 0 Å². The zero-order chi connectivity index (χ0) is 19.3. The summed E-state index contributed by atoms with van der Waals surface area (Å²) in [6.45, 7) is 4.97. The highest BCUT2D eigenvalue weighted by atomic mass is 16.5. The Morgan fingerprint density at radius 3 is 2.68 bits per heavy atom. The van der Waals surface area contributed by atoms with E-state index in [9.17, 15) is 5.11 Å². The summed E-state index contributed by atoms with van der Waals surface area (Å²) in [6, 6.07) is 10.0. The predicted octanol–water partition coefficient (Wildman–Crippen LogP) is 1.06. The van der Waals surface area contributed by atoms with E-state index in [1.165, 1.54) is 0 Å². The average molecular weight is 382 g/mol. The number of anilines is 1. The molecule has 2 aromatic heterocycles. The van der Waals surface area contributed by atoms with Gasteiger partial charge in [-0.05, 0) is 5.56 Å². The molecular weight excluding hydrogens is 356 g/mol. The summed E-state index contributed by atoms with van der Waals surface area (Å²) in [7, 11) is 1.89. The van der Waals surface area contributed by atoms with Crippen LogP contribution in [-0.2, 0) is 18.4 Å². The molecule has 0 radical (unpaired) electrons. The number of ether oxygens (including phenoxy) is 1. The molecule has 0 bridgehead atoms. The van der Waals surface area contributed by atoms with Crippen LogP contribution in [-0.4, -0.2) is 75.2 Å². The first-order valence-electron chi connectivity index (χ1n) is 9.60.